The van der Waals surface area contributed by atoms with E-state index in [0.717, 1.165) is 31.9 Å². The van der Waals surface area contributed by atoms with Gasteiger partial charge in [0.05, 0.1) is 19.3 Å². The van der Waals surface area contributed by atoms with Crippen LogP contribution < -0.4 is 5.32 Å². The molecule has 0 bridgehead atoms. The molecule has 0 saturated carbocycles. The third-order valence-electron chi connectivity index (χ3n) is 8.52. The molecular weight excluding hydrogens is 773 g/mol. The molecule has 0 unspecified atom stereocenters. The van der Waals surface area contributed by atoms with Gasteiger partial charge in [0, 0.05) is 27.2 Å². The van der Waals surface area contributed by atoms with E-state index in [1.54, 1.807) is 6.92 Å². The highest BCUT2D eigenvalue weighted by molar-refractivity contribution is 6.76. The van der Waals surface area contributed by atoms with E-state index in [-0.39, 0.29) is 19.6 Å². The lowest BCUT2D eigenvalue weighted by Gasteiger charge is -2.54. The van der Waals surface area contributed by atoms with Crippen molar-refractivity contribution in [3.05, 3.63) is 84.4 Å². The maximum atomic E-state index is 13.4. The maximum absolute atomic E-state index is 13.4. The summed E-state index contributed by atoms with van der Waals surface area (Å²) in [6.07, 6.45) is -9.44. The normalized spacial score (nSPS) is 29.7. The smallest absolute Gasteiger partial charge is 0.303 e. The molecule has 2 aromatic carbocycles. The van der Waals surface area contributed by atoms with Crippen LogP contribution >= 0.6 is 34.8 Å². The van der Waals surface area contributed by atoms with Gasteiger partial charge in [-0.1, -0.05) is 102 Å². The number of aliphatic hydroxyl groups excluding tert-OH is 1. The maximum Gasteiger partial charge on any atom is 0.303 e. The summed E-state index contributed by atoms with van der Waals surface area (Å²) in [5.74, 6) is -5.86. The monoisotopic (exact) mass is 815 g/mol. The number of hydrogen-bond donors (Lipinski definition) is 2. The second-order valence-corrected chi connectivity index (χ2v) is 15.0. The SMILES string of the molecule is C=CC[C@@]1(O[C@@H]2[C@H](OCc3ccccc3)[C@@H](OCc3ccccc3)[C@H](C)O[C@H]2O)O[C@H](COC(C)=O)[C@@H](OC(C)=O)[C@H](OC(C)=O)[C@H]1NC(=O)C(Cl)(Cl)Cl. The van der Waals surface area contributed by atoms with Gasteiger partial charge in [-0.05, 0) is 18.1 Å². The fourth-order valence-corrected chi connectivity index (χ4v) is 6.44. The molecule has 14 nitrogen and oxygen atoms in total. The number of benzene rings is 2. The highest BCUT2D eigenvalue weighted by atomic mass is 35.6. The number of carbonyl (C=O) groups is 4. The minimum Gasteiger partial charge on any atom is -0.463 e. The van der Waals surface area contributed by atoms with Crippen LogP contribution in [0.4, 0.5) is 0 Å². The van der Waals surface area contributed by atoms with Gasteiger partial charge in [-0.3, -0.25) is 19.2 Å². The number of ether oxygens (including phenoxy) is 8. The van der Waals surface area contributed by atoms with Gasteiger partial charge < -0.3 is 48.3 Å². The standard InChI is InChI=1S/C37H44Cl3NO13/c1-6-17-36(33(41-35(46)37(38,39)40)31(52-24(5)44)29(51-23(4)43)27(53-36)20-47-22(3)42)54-32-30(49-19-26-15-11-8-12-16-26)28(21(2)50-34(32)45)48-18-25-13-9-7-10-14-25/h6-16,21,27-34,45H,1,17-20H2,2-5H3,(H,41,46)/t21-,27+,28-,29+,30+,31-,32+,33+,34+,36-/m0/s1. The summed E-state index contributed by atoms with van der Waals surface area (Å²) in [6.45, 7) is 8.47. The van der Waals surface area contributed by atoms with Crippen molar-refractivity contribution in [2.24, 2.45) is 0 Å². The molecule has 2 fully saturated rings. The third kappa shape index (κ3) is 11.6. The number of esters is 3. The van der Waals surface area contributed by atoms with Gasteiger partial charge in [0.2, 0.25) is 0 Å². The average Bonchev–Trinajstić information content (AvgIpc) is 3.10. The van der Waals surface area contributed by atoms with E-state index < -0.39 is 95.1 Å². The van der Waals surface area contributed by atoms with E-state index in [4.69, 9.17) is 72.7 Å². The van der Waals surface area contributed by atoms with Crippen molar-refractivity contribution in [1.29, 1.82) is 0 Å². The number of hydrogen-bond acceptors (Lipinski definition) is 13. The summed E-state index contributed by atoms with van der Waals surface area (Å²) >= 11 is 18.0. The molecule has 2 saturated heterocycles. The van der Waals surface area contributed by atoms with Crippen LogP contribution in [0.3, 0.4) is 0 Å². The first-order valence-electron chi connectivity index (χ1n) is 17.0. The van der Waals surface area contributed by atoms with Crippen molar-refractivity contribution in [3.63, 3.8) is 0 Å². The van der Waals surface area contributed by atoms with Crippen LogP contribution in [-0.2, 0) is 70.3 Å². The molecule has 2 aromatic rings. The predicted octanol–water partition coefficient (Wildman–Crippen LogP) is 4.23. The van der Waals surface area contributed by atoms with Crippen molar-refractivity contribution < 1.29 is 62.2 Å². The number of rotatable bonds is 15. The van der Waals surface area contributed by atoms with Crippen molar-refractivity contribution in [2.75, 3.05) is 6.61 Å². The third-order valence-corrected chi connectivity index (χ3v) is 9.04. The minimum absolute atomic E-state index is 0.0401. The Kier molecular flexibility index (Phi) is 15.7. The van der Waals surface area contributed by atoms with Crippen LogP contribution in [0.15, 0.2) is 73.3 Å². The van der Waals surface area contributed by atoms with E-state index in [0.29, 0.717) is 0 Å². The van der Waals surface area contributed by atoms with Gasteiger partial charge in [-0.25, -0.2) is 0 Å². The zero-order valence-electron chi connectivity index (χ0n) is 30.1. The van der Waals surface area contributed by atoms with E-state index in [1.807, 2.05) is 60.7 Å². The molecule has 1 amide bonds. The van der Waals surface area contributed by atoms with E-state index >= 15 is 0 Å². The zero-order valence-corrected chi connectivity index (χ0v) is 32.3. The molecule has 296 valence electrons. The molecule has 2 aliphatic rings. The van der Waals surface area contributed by atoms with Gasteiger partial charge in [0.15, 0.2) is 24.3 Å². The van der Waals surface area contributed by atoms with Crippen molar-refractivity contribution >= 4 is 58.6 Å². The summed E-state index contributed by atoms with van der Waals surface area (Å²) < 4.78 is 46.1. The Morgan fingerprint density at radius 1 is 0.833 bits per heavy atom. The van der Waals surface area contributed by atoms with Crippen LogP contribution in [-0.4, -0.2) is 100 Å². The largest absolute Gasteiger partial charge is 0.463 e. The van der Waals surface area contributed by atoms with Crippen molar-refractivity contribution in [1.82, 2.24) is 5.32 Å². The summed E-state index contributed by atoms with van der Waals surface area (Å²) in [5, 5.41) is 14.1. The zero-order chi connectivity index (χ0) is 39.6. The second-order valence-electron chi connectivity index (χ2n) is 12.7. The van der Waals surface area contributed by atoms with Gasteiger partial charge in [0.25, 0.3) is 9.70 Å². The van der Waals surface area contributed by atoms with Gasteiger partial charge in [-0.2, -0.15) is 0 Å². The lowest BCUT2D eigenvalue weighted by molar-refractivity contribution is -0.392. The highest BCUT2D eigenvalue weighted by Gasteiger charge is 2.62. The van der Waals surface area contributed by atoms with Crippen LogP contribution in [0, 0.1) is 0 Å². The van der Waals surface area contributed by atoms with E-state index in [9.17, 15) is 24.3 Å². The first kappa shape index (κ1) is 43.4. The van der Waals surface area contributed by atoms with Crippen LogP contribution in [0.1, 0.15) is 45.2 Å². The lowest BCUT2D eigenvalue weighted by Crippen LogP contribution is -2.74. The van der Waals surface area contributed by atoms with Crippen LogP contribution in [0.5, 0.6) is 0 Å². The quantitative estimate of drug-likeness (QED) is 0.113. The Bertz CT molecular complexity index is 1580. The topological polar surface area (TPSA) is 174 Å². The molecule has 0 aromatic heterocycles. The Labute approximate surface area is 328 Å². The Balaban J connectivity index is 1.86. The molecule has 54 heavy (non-hydrogen) atoms. The molecule has 2 heterocycles. The highest BCUT2D eigenvalue weighted by Crippen LogP contribution is 2.42. The van der Waals surface area contributed by atoms with Crippen molar-refractivity contribution in [3.8, 4) is 0 Å². The van der Waals surface area contributed by atoms with Crippen LogP contribution in [0.2, 0.25) is 0 Å². The molecular formula is C37H44Cl3NO13. The number of alkyl halides is 3. The van der Waals surface area contributed by atoms with E-state index in [1.165, 1.54) is 6.08 Å². The summed E-state index contributed by atoms with van der Waals surface area (Å²) in [4.78, 5) is 50.5. The van der Waals surface area contributed by atoms with E-state index in [2.05, 4.69) is 11.9 Å². The minimum atomic E-state index is -2.56. The fraction of sp³-hybridized carbons (Fsp3) is 0.514. The second kappa shape index (κ2) is 19.5. The first-order chi connectivity index (χ1) is 25.5. The molecule has 17 heteroatoms. The molecule has 2 N–H and O–H groups in total. The molecule has 10 atom stereocenters. The summed E-state index contributed by atoms with van der Waals surface area (Å²) in [7, 11) is 0. The first-order valence-corrected chi connectivity index (χ1v) is 18.1. The lowest BCUT2D eigenvalue weighted by atomic mass is 9.86. The molecule has 0 aliphatic carbocycles. The molecule has 2 aliphatic heterocycles. The summed E-state index contributed by atoms with van der Waals surface area (Å²) in [6, 6.07) is 16.9. The number of halogens is 3. The summed E-state index contributed by atoms with van der Waals surface area (Å²) in [5.41, 5.74) is 1.63. The Morgan fingerprint density at radius 3 is 1.87 bits per heavy atom. The van der Waals surface area contributed by atoms with Crippen molar-refractivity contribution in [2.45, 2.75) is 112 Å². The average molecular weight is 817 g/mol. The number of aliphatic hydroxyl groups is 1. The van der Waals surface area contributed by atoms with Gasteiger partial charge in [-0.15, -0.1) is 6.58 Å². The number of nitrogens with one attached hydrogen (secondary N) is 1. The Hall–Kier alpha value is -3.31. The molecule has 0 radical (unpaired) electrons. The van der Waals surface area contributed by atoms with Gasteiger partial charge in [0.1, 0.15) is 37.1 Å². The predicted molar refractivity (Wildman–Crippen MR) is 194 cm³/mol. The van der Waals surface area contributed by atoms with Gasteiger partial charge >= 0.3 is 17.9 Å². The van der Waals surface area contributed by atoms with Crippen LogP contribution in [0.25, 0.3) is 0 Å². The molecule has 0 spiro atoms. The number of amides is 1. The number of carbonyl (C=O) groups excluding carboxylic acids is 4. The molecule has 4 rings (SSSR count). The fourth-order valence-electron chi connectivity index (χ4n) is 6.28. The Morgan fingerprint density at radius 2 is 1.37 bits per heavy atom.